The summed E-state index contributed by atoms with van der Waals surface area (Å²) >= 11 is 0. The highest BCUT2D eigenvalue weighted by molar-refractivity contribution is 5.87. The maximum Gasteiger partial charge on any atom is 0.242 e. The van der Waals surface area contributed by atoms with E-state index in [1.54, 1.807) is 18.9 Å². The first-order valence-corrected chi connectivity index (χ1v) is 9.98. The number of hydrogen-bond acceptors (Lipinski definition) is 3. The lowest BCUT2D eigenvalue weighted by atomic mass is 10.1. The molecule has 156 valence electrons. The molecule has 1 unspecified atom stereocenters. The van der Waals surface area contributed by atoms with Crippen molar-refractivity contribution in [2.45, 2.75) is 58.7 Å². The topological polar surface area (TPSA) is 58.6 Å². The zero-order valence-electron chi connectivity index (χ0n) is 18.1. The van der Waals surface area contributed by atoms with Crippen LogP contribution >= 0.6 is 0 Å². The van der Waals surface area contributed by atoms with Crippen molar-refractivity contribution in [3.8, 4) is 5.75 Å². The number of benzene rings is 2. The third-order valence-corrected chi connectivity index (χ3v) is 4.65. The van der Waals surface area contributed by atoms with Crippen LogP contribution in [0.1, 0.15) is 45.2 Å². The molecule has 2 rings (SSSR count). The van der Waals surface area contributed by atoms with Gasteiger partial charge in [-0.15, -0.1) is 0 Å². The second-order valence-corrected chi connectivity index (χ2v) is 8.27. The fourth-order valence-electron chi connectivity index (χ4n) is 3.02. The van der Waals surface area contributed by atoms with Gasteiger partial charge in [-0.3, -0.25) is 9.59 Å². The fourth-order valence-corrected chi connectivity index (χ4v) is 3.02. The molecule has 0 saturated heterocycles. The van der Waals surface area contributed by atoms with Crippen molar-refractivity contribution in [3.63, 3.8) is 0 Å². The number of ether oxygens (including phenoxy) is 1. The van der Waals surface area contributed by atoms with E-state index in [0.717, 1.165) is 16.9 Å². The number of nitrogens with zero attached hydrogens (tertiary/aromatic N) is 1. The molecule has 0 bridgehead atoms. The van der Waals surface area contributed by atoms with E-state index in [4.69, 9.17) is 4.74 Å². The summed E-state index contributed by atoms with van der Waals surface area (Å²) in [4.78, 5) is 27.5. The van der Waals surface area contributed by atoms with E-state index in [2.05, 4.69) is 5.32 Å². The summed E-state index contributed by atoms with van der Waals surface area (Å²) in [5.74, 6) is 0.564. The highest BCUT2D eigenvalue weighted by Crippen LogP contribution is 2.17. The molecule has 29 heavy (non-hydrogen) atoms. The van der Waals surface area contributed by atoms with Gasteiger partial charge in [-0.05, 0) is 57.4 Å². The third-order valence-electron chi connectivity index (χ3n) is 4.65. The monoisotopic (exact) mass is 396 g/mol. The Bertz CT molecular complexity index is 795. The number of amides is 2. The Morgan fingerprint density at radius 1 is 1.00 bits per heavy atom. The van der Waals surface area contributed by atoms with Gasteiger partial charge in [0.25, 0.3) is 0 Å². The van der Waals surface area contributed by atoms with E-state index in [-0.39, 0.29) is 17.4 Å². The molecule has 1 N–H and O–H groups in total. The molecule has 0 heterocycles. The molecule has 0 aromatic heterocycles. The second kappa shape index (κ2) is 10.1. The maximum atomic E-state index is 13.1. The molecule has 2 aromatic rings. The van der Waals surface area contributed by atoms with E-state index in [1.807, 2.05) is 75.4 Å². The SMILES string of the molecule is COc1ccc(CN(C(=O)CCc2ccccc2)C(C)C(=O)NC(C)(C)C)cc1. The Morgan fingerprint density at radius 3 is 2.17 bits per heavy atom. The number of rotatable bonds is 8. The minimum absolute atomic E-state index is 0.0405. The van der Waals surface area contributed by atoms with E-state index < -0.39 is 6.04 Å². The predicted octanol–water partition coefficient (Wildman–Crippen LogP) is 3.96. The summed E-state index contributed by atoms with van der Waals surface area (Å²) in [6.07, 6.45) is 1.000. The summed E-state index contributed by atoms with van der Waals surface area (Å²) in [5.41, 5.74) is 1.70. The van der Waals surface area contributed by atoms with Gasteiger partial charge in [-0.25, -0.2) is 0 Å². The summed E-state index contributed by atoms with van der Waals surface area (Å²) in [6.45, 7) is 7.95. The average Bonchev–Trinajstić information content (AvgIpc) is 2.69. The highest BCUT2D eigenvalue weighted by Gasteiger charge is 2.28. The van der Waals surface area contributed by atoms with Crippen LogP contribution in [0, 0.1) is 0 Å². The van der Waals surface area contributed by atoms with Crippen molar-refractivity contribution >= 4 is 11.8 Å². The number of methoxy groups -OCH3 is 1. The molecular formula is C24H32N2O3. The van der Waals surface area contributed by atoms with Gasteiger partial charge in [0.1, 0.15) is 11.8 Å². The Kier molecular flexibility index (Phi) is 7.82. The zero-order valence-corrected chi connectivity index (χ0v) is 18.1. The average molecular weight is 397 g/mol. The van der Waals surface area contributed by atoms with Crippen molar-refractivity contribution < 1.29 is 14.3 Å². The minimum atomic E-state index is -0.570. The molecular weight excluding hydrogens is 364 g/mol. The van der Waals surface area contributed by atoms with E-state index in [0.29, 0.717) is 19.4 Å². The molecule has 0 fully saturated rings. The van der Waals surface area contributed by atoms with Crippen LogP contribution in [0.3, 0.4) is 0 Å². The van der Waals surface area contributed by atoms with E-state index >= 15 is 0 Å². The molecule has 0 saturated carbocycles. The van der Waals surface area contributed by atoms with Crippen molar-refractivity contribution in [3.05, 3.63) is 65.7 Å². The molecule has 1 atom stereocenters. The van der Waals surface area contributed by atoms with Crippen LogP contribution in [0.15, 0.2) is 54.6 Å². The van der Waals surface area contributed by atoms with Crippen molar-refractivity contribution in [2.24, 2.45) is 0 Å². The molecule has 0 radical (unpaired) electrons. The van der Waals surface area contributed by atoms with Gasteiger partial charge >= 0.3 is 0 Å². The van der Waals surface area contributed by atoms with Crippen LogP contribution in [0.4, 0.5) is 0 Å². The molecule has 2 amide bonds. The molecule has 0 aliphatic carbocycles. The maximum absolute atomic E-state index is 13.1. The van der Waals surface area contributed by atoms with Gasteiger partial charge in [0.15, 0.2) is 0 Å². The summed E-state index contributed by atoms with van der Waals surface area (Å²) in [6, 6.07) is 16.9. The number of hydrogen-bond donors (Lipinski definition) is 1. The van der Waals surface area contributed by atoms with Crippen molar-refractivity contribution in [2.75, 3.05) is 7.11 Å². The van der Waals surface area contributed by atoms with Gasteiger partial charge in [-0.2, -0.15) is 0 Å². The van der Waals surface area contributed by atoms with Gasteiger partial charge in [0.2, 0.25) is 11.8 Å². The largest absolute Gasteiger partial charge is 0.497 e. The summed E-state index contributed by atoms with van der Waals surface area (Å²) in [5, 5.41) is 2.98. The normalized spacial score (nSPS) is 12.2. The molecule has 0 aliphatic heterocycles. The first kappa shape index (κ1) is 22.5. The van der Waals surface area contributed by atoms with Gasteiger partial charge < -0.3 is 15.0 Å². The van der Waals surface area contributed by atoms with Crippen molar-refractivity contribution in [1.29, 1.82) is 0 Å². The lowest BCUT2D eigenvalue weighted by Gasteiger charge is -2.31. The van der Waals surface area contributed by atoms with Crippen LogP contribution in [-0.4, -0.2) is 35.4 Å². The lowest BCUT2D eigenvalue weighted by Crippen LogP contribution is -2.52. The first-order chi connectivity index (χ1) is 13.7. The van der Waals surface area contributed by atoms with E-state index in [9.17, 15) is 9.59 Å². The zero-order chi connectivity index (χ0) is 21.4. The smallest absolute Gasteiger partial charge is 0.242 e. The molecule has 5 heteroatoms. The van der Waals surface area contributed by atoms with Gasteiger partial charge in [0, 0.05) is 18.5 Å². The Morgan fingerprint density at radius 2 is 1.62 bits per heavy atom. The standard InChI is InChI=1S/C24H32N2O3/c1-18(23(28)25-24(2,3)4)26(17-20-11-14-21(29-5)15-12-20)22(27)16-13-19-9-7-6-8-10-19/h6-12,14-15,18H,13,16-17H2,1-5H3,(H,25,28). The molecule has 0 aliphatic rings. The Hall–Kier alpha value is -2.82. The summed E-state index contributed by atoms with van der Waals surface area (Å²) in [7, 11) is 1.62. The van der Waals surface area contributed by atoms with Crippen LogP contribution < -0.4 is 10.1 Å². The van der Waals surface area contributed by atoms with Gasteiger partial charge in [0.05, 0.1) is 7.11 Å². The van der Waals surface area contributed by atoms with Crippen LogP contribution in [0.2, 0.25) is 0 Å². The second-order valence-electron chi connectivity index (χ2n) is 8.27. The quantitative estimate of drug-likeness (QED) is 0.735. The lowest BCUT2D eigenvalue weighted by molar-refractivity contribution is -0.141. The molecule has 0 spiro atoms. The van der Waals surface area contributed by atoms with Crippen LogP contribution in [0.25, 0.3) is 0 Å². The number of carbonyl (C=O) groups is 2. The number of carbonyl (C=O) groups excluding carboxylic acids is 2. The van der Waals surface area contributed by atoms with Crippen molar-refractivity contribution in [1.82, 2.24) is 10.2 Å². The van der Waals surface area contributed by atoms with Gasteiger partial charge in [-0.1, -0.05) is 42.5 Å². The first-order valence-electron chi connectivity index (χ1n) is 9.98. The minimum Gasteiger partial charge on any atom is -0.497 e. The molecule has 5 nitrogen and oxygen atoms in total. The fraction of sp³-hybridized carbons (Fsp3) is 0.417. The summed E-state index contributed by atoms with van der Waals surface area (Å²) < 4.78 is 5.21. The molecule has 2 aromatic carbocycles. The predicted molar refractivity (Wildman–Crippen MR) is 116 cm³/mol. The highest BCUT2D eigenvalue weighted by atomic mass is 16.5. The Labute approximate surface area is 174 Å². The number of aryl methyl sites for hydroxylation is 1. The van der Waals surface area contributed by atoms with Crippen LogP contribution in [0.5, 0.6) is 5.75 Å². The van der Waals surface area contributed by atoms with Crippen LogP contribution in [-0.2, 0) is 22.6 Å². The third kappa shape index (κ3) is 7.26. The van der Waals surface area contributed by atoms with E-state index in [1.165, 1.54) is 0 Å². The Balaban J connectivity index is 2.16. The number of nitrogens with one attached hydrogen (secondary N) is 1.